The van der Waals surface area contributed by atoms with Gasteiger partial charge in [0.1, 0.15) is 0 Å². The van der Waals surface area contributed by atoms with Crippen LogP contribution in [0, 0.1) is 0 Å². The SMILES string of the molecule is CC(NC(c1ccccc1)c1ccccc1)C(=O)Nc1cccc2ncccc12. The van der Waals surface area contributed by atoms with Crippen LogP contribution in [-0.4, -0.2) is 16.9 Å². The van der Waals surface area contributed by atoms with E-state index in [0.717, 1.165) is 27.7 Å². The minimum atomic E-state index is -0.396. The molecule has 0 aliphatic carbocycles. The second kappa shape index (κ2) is 8.67. The lowest BCUT2D eigenvalue weighted by molar-refractivity contribution is -0.117. The van der Waals surface area contributed by atoms with E-state index in [4.69, 9.17) is 0 Å². The van der Waals surface area contributed by atoms with Crippen molar-refractivity contribution in [1.29, 1.82) is 0 Å². The summed E-state index contributed by atoms with van der Waals surface area (Å²) in [6.07, 6.45) is 1.75. The Morgan fingerprint density at radius 1 is 0.793 bits per heavy atom. The predicted octanol–water partition coefficient (Wildman–Crippen LogP) is 4.94. The normalized spacial score (nSPS) is 12.1. The van der Waals surface area contributed by atoms with E-state index in [-0.39, 0.29) is 11.9 Å². The van der Waals surface area contributed by atoms with Crippen LogP contribution < -0.4 is 10.6 Å². The molecule has 1 unspecified atom stereocenters. The van der Waals surface area contributed by atoms with E-state index in [9.17, 15) is 4.79 Å². The Bertz CT molecular complexity index is 1050. The van der Waals surface area contributed by atoms with Crippen molar-refractivity contribution in [2.45, 2.75) is 19.0 Å². The Morgan fingerprint density at radius 3 is 2.10 bits per heavy atom. The Labute approximate surface area is 170 Å². The van der Waals surface area contributed by atoms with Gasteiger partial charge in [-0.2, -0.15) is 0 Å². The molecule has 4 rings (SSSR count). The molecule has 4 heteroatoms. The predicted molar refractivity (Wildman–Crippen MR) is 118 cm³/mol. The van der Waals surface area contributed by atoms with Crippen molar-refractivity contribution < 1.29 is 4.79 Å². The molecule has 0 fully saturated rings. The van der Waals surface area contributed by atoms with Gasteiger partial charge in [0.05, 0.1) is 23.3 Å². The number of pyridine rings is 1. The number of nitrogens with zero attached hydrogens (tertiary/aromatic N) is 1. The van der Waals surface area contributed by atoms with E-state index < -0.39 is 6.04 Å². The monoisotopic (exact) mass is 381 g/mol. The second-order valence-corrected chi connectivity index (χ2v) is 7.01. The third-order valence-electron chi connectivity index (χ3n) is 4.98. The van der Waals surface area contributed by atoms with Crippen LogP contribution >= 0.6 is 0 Å². The highest BCUT2D eigenvalue weighted by Gasteiger charge is 2.21. The molecule has 0 aliphatic rings. The van der Waals surface area contributed by atoms with Crippen molar-refractivity contribution in [3.63, 3.8) is 0 Å². The maximum Gasteiger partial charge on any atom is 0.241 e. The topological polar surface area (TPSA) is 54.0 Å². The number of anilines is 1. The van der Waals surface area contributed by atoms with Gasteiger partial charge in [-0.05, 0) is 42.3 Å². The molecule has 0 radical (unpaired) electrons. The van der Waals surface area contributed by atoms with Gasteiger partial charge in [0.15, 0.2) is 0 Å². The molecule has 0 saturated heterocycles. The molecule has 1 aromatic heterocycles. The molecule has 4 nitrogen and oxygen atoms in total. The molecule has 1 atom stereocenters. The van der Waals surface area contributed by atoms with Crippen LogP contribution in [0.5, 0.6) is 0 Å². The highest BCUT2D eigenvalue weighted by atomic mass is 16.2. The first-order chi connectivity index (χ1) is 14.2. The standard InChI is InChI=1S/C25H23N3O/c1-18(25(29)28-23-16-8-15-22-21(23)14-9-17-26-22)27-24(19-10-4-2-5-11-19)20-12-6-3-7-13-20/h2-18,24,27H,1H3,(H,28,29). The van der Waals surface area contributed by atoms with Crippen LogP contribution in [0.3, 0.4) is 0 Å². The second-order valence-electron chi connectivity index (χ2n) is 7.01. The number of amides is 1. The Morgan fingerprint density at radius 2 is 1.45 bits per heavy atom. The van der Waals surface area contributed by atoms with Crippen molar-refractivity contribution >= 4 is 22.5 Å². The van der Waals surface area contributed by atoms with Crippen molar-refractivity contribution in [2.24, 2.45) is 0 Å². The number of rotatable bonds is 6. The fourth-order valence-corrected chi connectivity index (χ4v) is 3.45. The summed E-state index contributed by atoms with van der Waals surface area (Å²) in [7, 11) is 0. The number of hydrogen-bond acceptors (Lipinski definition) is 3. The molecular formula is C25H23N3O. The quantitative estimate of drug-likeness (QED) is 0.497. The van der Waals surface area contributed by atoms with Crippen molar-refractivity contribution in [3.05, 3.63) is 108 Å². The van der Waals surface area contributed by atoms with E-state index >= 15 is 0 Å². The van der Waals surface area contributed by atoms with Gasteiger partial charge in [-0.3, -0.25) is 15.1 Å². The lowest BCUT2D eigenvalue weighted by Gasteiger charge is -2.24. The van der Waals surface area contributed by atoms with Crippen LogP contribution in [-0.2, 0) is 4.79 Å². The maximum absolute atomic E-state index is 13.0. The van der Waals surface area contributed by atoms with Crippen molar-refractivity contribution in [1.82, 2.24) is 10.3 Å². The van der Waals surface area contributed by atoms with Gasteiger partial charge < -0.3 is 5.32 Å². The van der Waals surface area contributed by atoms with Crippen molar-refractivity contribution in [3.8, 4) is 0 Å². The number of nitrogens with one attached hydrogen (secondary N) is 2. The first-order valence-corrected chi connectivity index (χ1v) is 9.73. The summed E-state index contributed by atoms with van der Waals surface area (Å²) in [5.74, 6) is -0.0850. The molecule has 3 aromatic carbocycles. The van der Waals surface area contributed by atoms with Crippen LogP contribution in [0.4, 0.5) is 5.69 Å². The Hall–Kier alpha value is -3.50. The molecule has 0 spiro atoms. The molecule has 144 valence electrons. The molecule has 0 saturated carbocycles. The summed E-state index contributed by atoms with van der Waals surface area (Å²) in [5, 5.41) is 7.47. The fraction of sp³-hybridized carbons (Fsp3) is 0.120. The first kappa shape index (κ1) is 18.8. The summed E-state index contributed by atoms with van der Waals surface area (Å²) in [4.78, 5) is 17.3. The zero-order valence-corrected chi connectivity index (χ0v) is 16.2. The average molecular weight is 381 g/mol. The average Bonchev–Trinajstić information content (AvgIpc) is 2.78. The molecule has 0 bridgehead atoms. The van der Waals surface area contributed by atoms with Gasteiger partial charge in [0.2, 0.25) is 5.91 Å². The minimum absolute atomic E-state index is 0.0765. The van der Waals surface area contributed by atoms with E-state index in [1.165, 1.54) is 0 Å². The van der Waals surface area contributed by atoms with E-state index in [1.54, 1.807) is 6.20 Å². The highest BCUT2D eigenvalue weighted by Crippen LogP contribution is 2.24. The molecule has 0 aliphatic heterocycles. The first-order valence-electron chi connectivity index (χ1n) is 9.73. The van der Waals surface area contributed by atoms with Crippen LogP contribution in [0.1, 0.15) is 24.1 Å². The number of benzene rings is 3. The van der Waals surface area contributed by atoms with Gasteiger partial charge in [-0.1, -0.05) is 66.7 Å². The smallest absolute Gasteiger partial charge is 0.241 e. The van der Waals surface area contributed by atoms with E-state index in [2.05, 4.69) is 39.9 Å². The number of carbonyl (C=O) groups is 1. The molecule has 4 aromatic rings. The Balaban J connectivity index is 1.56. The largest absolute Gasteiger partial charge is 0.324 e. The Kier molecular flexibility index (Phi) is 5.63. The summed E-state index contributed by atoms with van der Waals surface area (Å²) >= 11 is 0. The van der Waals surface area contributed by atoms with E-state index in [0.29, 0.717) is 0 Å². The number of carbonyl (C=O) groups excluding carboxylic acids is 1. The van der Waals surface area contributed by atoms with E-state index in [1.807, 2.05) is 73.7 Å². The molecule has 2 N–H and O–H groups in total. The lowest BCUT2D eigenvalue weighted by Crippen LogP contribution is -2.40. The third-order valence-corrected chi connectivity index (χ3v) is 4.98. The van der Waals surface area contributed by atoms with Gasteiger partial charge in [0, 0.05) is 11.6 Å². The van der Waals surface area contributed by atoms with Gasteiger partial charge in [-0.25, -0.2) is 0 Å². The van der Waals surface area contributed by atoms with Crippen LogP contribution in [0.2, 0.25) is 0 Å². The number of hydrogen-bond donors (Lipinski definition) is 2. The van der Waals surface area contributed by atoms with Crippen LogP contribution in [0.25, 0.3) is 10.9 Å². The summed E-state index contributed by atoms with van der Waals surface area (Å²) in [5.41, 5.74) is 3.86. The third kappa shape index (κ3) is 4.33. The van der Waals surface area contributed by atoms with Gasteiger partial charge in [0.25, 0.3) is 0 Å². The summed E-state index contributed by atoms with van der Waals surface area (Å²) in [6.45, 7) is 1.89. The molecule has 1 heterocycles. The number of aromatic nitrogens is 1. The maximum atomic E-state index is 13.0. The molecular weight excluding hydrogens is 358 g/mol. The van der Waals surface area contributed by atoms with Gasteiger partial charge in [-0.15, -0.1) is 0 Å². The van der Waals surface area contributed by atoms with Crippen molar-refractivity contribution in [2.75, 3.05) is 5.32 Å². The summed E-state index contributed by atoms with van der Waals surface area (Å²) < 4.78 is 0. The molecule has 1 amide bonds. The molecule has 29 heavy (non-hydrogen) atoms. The summed E-state index contributed by atoms with van der Waals surface area (Å²) in [6, 6.07) is 29.5. The van der Waals surface area contributed by atoms with Gasteiger partial charge >= 0.3 is 0 Å². The minimum Gasteiger partial charge on any atom is -0.324 e. The lowest BCUT2D eigenvalue weighted by atomic mass is 9.98. The zero-order valence-electron chi connectivity index (χ0n) is 16.2. The fourth-order valence-electron chi connectivity index (χ4n) is 3.45. The zero-order chi connectivity index (χ0) is 20.1. The number of fused-ring (bicyclic) bond motifs is 1. The highest BCUT2D eigenvalue weighted by molar-refractivity contribution is 6.02. The van der Waals surface area contributed by atoms with Crippen LogP contribution in [0.15, 0.2) is 97.2 Å².